The minimum Gasteiger partial charge on any atom is -0.311 e. The highest BCUT2D eigenvalue weighted by Gasteiger charge is 2.25. The van der Waals surface area contributed by atoms with Gasteiger partial charge in [-0.05, 0) is 18.1 Å². The van der Waals surface area contributed by atoms with Crippen molar-refractivity contribution in [2.45, 2.75) is 11.6 Å². The van der Waals surface area contributed by atoms with Crippen molar-refractivity contribution in [2.75, 3.05) is 17.2 Å². The van der Waals surface area contributed by atoms with E-state index in [1.807, 2.05) is 24.3 Å². The Morgan fingerprint density at radius 1 is 1.11 bits per heavy atom. The third-order valence-electron chi connectivity index (χ3n) is 4.94. The van der Waals surface area contributed by atoms with Crippen LogP contribution in [-0.2, 0) is 32.4 Å². The Bertz CT molecular complexity index is 1190. The summed E-state index contributed by atoms with van der Waals surface area (Å²) in [6.07, 6.45) is 0.858. The lowest BCUT2D eigenvalue weighted by molar-refractivity contribution is -0.116. The van der Waals surface area contributed by atoms with Crippen LogP contribution in [0.4, 0.5) is 5.69 Å². The van der Waals surface area contributed by atoms with Crippen LogP contribution in [0.1, 0.15) is 5.56 Å². The van der Waals surface area contributed by atoms with E-state index < -0.39 is 11.2 Å². The minimum atomic E-state index is -0.435. The molecule has 0 N–H and O–H groups in total. The smallest absolute Gasteiger partial charge is 0.311 e. The van der Waals surface area contributed by atoms with E-state index in [0.29, 0.717) is 17.3 Å². The lowest BCUT2D eigenvalue weighted by Crippen LogP contribution is -2.37. The number of rotatable bonds is 3. The second kappa shape index (κ2) is 6.41. The molecular formula is C18H19N5O3S. The first-order valence-corrected chi connectivity index (χ1v) is 9.52. The van der Waals surface area contributed by atoms with Gasteiger partial charge < -0.3 is 9.47 Å². The summed E-state index contributed by atoms with van der Waals surface area (Å²) >= 11 is 1.27. The summed E-state index contributed by atoms with van der Waals surface area (Å²) in [4.78, 5) is 43.3. The molecule has 1 amide bonds. The van der Waals surface area contributed by atoms with E-state index >= 15 is 0 Å². The molecule has 0 fully saturated rings. The third-order valence-corrected chi connectivity index (χ3v) is 5.95. The molecule has 1 aromatic carbocycles. The average molecular weight is 385 g/mol. The molecule has 1 aliphatic heterocycles. The summed E-state index contributed by atoms with van der Waals surface area (Å²) in [5.74, 6) is 0.207. The van der Waals surface area contributed by atoms with E-state index in [1.54, 1.807) is 23.6 Å². The first-order valence-electron chi connectivity index (χ1n) is 8.53. The van der Waals surface area contributed by atoms with E-state index in [2.05, 4.69) is 4.98 Å². The van der Waals surface area contributed by atoms with Gasteiger partial charge in [0.1, 0.15) is 0 Å². The molecule has 1 aliphatic rings. The number of hydrogen-bond acceptors (Lipinski definition) is 5. The molecule has 9 heteroatoms. The Hall–Kier alpha value is -2.81. The molecule has 0 saturated carbocycles. The fraction of sp³-hybridized carbons (Fsp3) is 0.333. The first-order chi connectivity index (χ1) is 12.9. The van der Waals surface area contributed by atoms with Crippen molar-refractivity contribution in [3.05, 3.63) is 50.7 Å². The number of carbonyl (C=O) groups is 1. The zero-order valence-corrected chi connectivity index (χ0v) is 16.1. The number of aryl methyl sites for hydroxylation is 2. The maximum Gasteiger partial charge on any atom is 0.332 e. The second-order valence-corrected chi connectivity index (χ2v) is 7.49. The lowest BCUT2D eigenvalue weighted by Gasteiger charge is -2.16. The van der Waals surface area contributed by atoms with Crippen LogP contribution < -0.4 is 16.1 Å². The van der Waals surface area contributed by atoms with Crippen molar-refractivity contribution in [1.29, 1.82) is 0 Å². The largest absolute Gasteiger partial charge is 0.332 e. The molecule has 8 nitrogen and oxygen atoms in total. The van der Waals surface area contributed by atoms with Crippen LogP contribution in [0.2, 0.25) is 0 Å². The van der Waals surface area contributed by atoms with Crippen LogP contribution in [0.15, 0.2) is 39.0 Å². The SMILES string of the molecule is Cn1c(=O)c2nc(SCC(=O)N3CCc4ccccc43)n(C)c2n(C)c1=O. The van der Waals surface area contributed by atoms with E-state index in [9.17, 15) is 14.4 Å². The summed E-state index contributed by atoms with van der Waals surface area (Å²) in [6.45, 7) is 0.677. The summed E-state index contributed by atoms with van der Waals surface area (Å²) in [7, 11) is 4.78. The zero-order chi connectivity index (χ0) is 19.3. The predicted molar refractivity (Wildman–Crippen MR) is 104 cm³/mol. The van der Waals surface area contributed by atoms with Crippen LogP contribution in [0.3, 0.4) is 0 Å². The Balaban J connectivity index is 1.62. The van der Waals surface area contributed by atoms with Crippen LogP contribution in [0, 0.1) is 0 Å². The van der Waals surface area contributed by atoms with Crippen molar-refractivity contribution < 1.29 is 4.79 Å². The highest BCUT2D eigenvalue weighted by molar-refractivity contribution is 7.99. The van der Waals surface area contributed by atoms with Crippen molar-refractivity contribution in [2.24, 2.45) is 21.1 Å². The molecule has 3 aromatic rings. The van der Waals surface area contributed by atoms with Crippen LogP contribution in [0.25, 0.3) is 11.2 Å². The summed E-state index contributed by atoms with van der Waals surface area (Å²) in [6, 6.07) is 7.90. The number of para-hydroxylation sites is 1. The molecule has 4 rings (SSSR count). The Kier molecular flexibility index (Phi) is 4.18. The Morgan fingerprint density at radius 2 is 1.85 bits per heavy atom. The van der Waals surface area contributed by atoms with E-state index in [4.69, 9.17) is 0 Å². The summed E-state index contributed by atoms with van der Waals surface area (Å²) in [5.41, 5.74) is 1.97. The number of aromatic nitrogens is 4. The van der Waals surface area contributed by atoms with E-state index in [0.717, 1.165) is 16.7 Å². The molecule has 140 valence electrons. The standard InChI is InChI=1S/C18H19N5O3S/c1-20-15-14(16(25)22(3)18(26)21(15)2)19-17(20)27-10-13(24)23-9-8-11-6-4-5-7-12(11)23/h4-7H,8-10H2,1-3H3. The van der Waals surface area contributed by atoms with E-state index in [-0.39, 0.29) is 17.2 Å². The fourth-order valence-electron chi connectivity index (χ4n) is 3.49. The molecule has 0 radical (unpaired) electrons. The van der Waals surface area contributed by atoms with Gasteiger partial charge >= 0.3 is 5.69 Å². The maximum absolute atomic E-state index is 12.7. The number of hydrogen-bond donors (Lipinski definition) is 0. The maximum atomic E-state index is 12.7. The van der Waals surface area contributed by atoms with Gasteiger partial charge in [-0.2, -0.15) is 0 Å². The number of fused-ring (bicyclic) bond motifs is 2. The van der Waals surface area contributed by atoms with E-state index in [1.165, 1.54) is 28.9 Å². The van der Waals surface area contributed by atoms with Crippen molar-refractivity contribution >= 4 is 34.5 Å². The van der Waals surface area contributed by atoms with Gasteiger partial charge in [0.05, 0.1) is 5.75 Å². The lowest BCUT2D eigenvalue weighted by atomic mass is 10.2. The van der Waals surface area contributed by atoms with Gasteiger partial charge in [-0.1, -0.05) is 30.0 Å². The molecule has 2 aromatic heterocycles. The number of imidazole rings is 1. The van der Waals surface area contributed by atoms with Gasteiger partial charge in [0.25, 0.3) is 5.56 Å². The van der Waals surface area contributed by atoms with Gasteiger partial charge in [-0.15, -0.1) is 0 Å². The fourth-order valence-corrected chi connectivity index (χ4v) is 4.33. The Labute approximate surface area is 159 Å². The summed E-state index contributed by atoms with van der Waals surface area (Å²) < 4.78 is 4.12. The summed E-state index contributed by atoms with van der Waals surface area (Å²) in [5, 5.41) is 0.532. The normalized spacial score (nSPS) is 13.4. The molecule has 0 bridgehead atoms. The van der Waals surface area contributed by atoms with Crippen molar-refractivity contribution in [3.63, 3.8) is 0 Å². The number of amides is 1. The number of thioether (sulfide) groups is 1. The van der Waals surface area contributed by atoms with Crippen LogP contribution in [0.5, 0.6) is 0 Å². The van der Waals surface area contributed by atoms with Gasteiger partial charge in [0.2, 0.25) is 5.91 Å². The molecule has 0 atom stereocenters. The van der Waals surface area contributed by atoms with Crippen LogP contribution >= 0.6 is 11.8 Å². The molecule has 3 heterocycles. The third kappa shape index (κ3) is 2.69. The van der Waals surface area contributed by atoms with Gasteiger partial charge in [0.15, 0.2) is 16.3 Å². The highest BCUT2D eigenvalue weighted by Crippen LogP contribution is 2.29. The number of anilines is 1. The van der Waals surface area contributed by atoms with Gasteiger partial charge in [0, 0.05) is 33.4 Å². The highest BCUT2D eigenvalue weighted by atomic mass is 32.2. The average Bonchev–Trinajstić information content (AvgIpc) is 3.24. The monoisotopic (exact) mass is 385 g/mol. The molecular weight excluding hydrogens is 366 g/mol. The topological polar surface area (TPSA) is 82.1 Å². The number of carbonyl (C=O) groups excluding carboxylic acids is 1. The first kappa shape index (κ1) is 17.6. The number of benzene rings is 1. The molecule has 0 aliphatic carbocycles. The van der Waals surface area contributed by atoms with Gasteiger partial charge in [-0.25, -0.2) is 9.78 Å². The van der Waals surface area contributed by atoms with Crippen molar-refractivity contribution in [3.8, 4) is 0 Å². The second-order valence-electron chi connectivity index (χ2n) is 6.54. The minimum absolute atomic E-state index is 0.00111. The van der Waals surface area contributed by atoms with Gasteiger partial charge in [-0.3, -0.25) is 18.7 Å². The molecule has 0 unspecified atom stereocenters. The Morgan fingerprint density at radius 3 is 2.63 bits per heavy atom. The quantitative estimate of drug-likeness (QED) is 0.619. The molecule has 0 saturated heterocycles. The number of nitrogens with zero attached hydrogens (tertiary/aromatic N) is 5. The predicted octanol–water partition coefficient (Wildman–Crippen LogP) is 0.652. The molecule has 27 heavy (non-hydrogen) atoms. The van der Waals surface area contributed by atoms with Crippen molar-refractivity contribution in [1.82, 2.24) is 18.7 Å². The zero-order valence-electron chi connectivity index (χ0n) is 15.3. The molecule has 0 spiro atoms. The van der Waals surface area contributed by atoms with Crippen LogP contribution in [-0.4, -0.2) is 36.9 Å².